The van der Waals surface area contributed by atoms with E-state index < -0.39 is 0 Å². The van der Waals surface area contributed by atoms with Crippen molar-refractivity contribution >= 4 is 43.4 Å². The number of para-hydroxylation sites is 1. The SMILES string of the molecule is CC1(C)c2cccc3c2-n2c4c1cc(-c1ccccc1)cc4c1cc(-c4cc5ccccc5c5ccccc45)cc(c12)C3(C)C. The van der Waals surface area contributed by atoms with Crippen LogP contribution in [0.3, 0.4) is 0 Å². The molecule has 0 spiro atoms. The summed E-state index contributed by atoms with van der Waals surface area (Å²) in [5.74, 6) is 0. The summed E-state index contributed by atoms with van der Waals surface area (Å²) >= 11 is 0. The van der Waals surface area contributed by atoms with Crippen molar-refractivity contribution < 1.29 is 0 Å². The first kappa shape index (κ1) is 25.2. The lowest BCUT2D eigenvalue weighted by Crippen LogP contribution is -2.33. The van der Waals surface area contributed by atoms with Crippen molar-refractivity contribution in [2.75, 3.05) is 0 Å². The summed E-state index contributed by atoms with van der Waals surface area (Å²) in [4.78, 5) is 0. The maximum Gasteiger partial charge on any atom is 0.0582 e. The fraction of sp³-hybridized carbons (Fsp3) is 0.136. The molecule has 1 nitrogen and oxygen atoms in total. The standard InChI is InChI=1S/C44H33N/c1-43(2)36-19-12-20-37-42(36)45-40-34(22-28(24-38(40)43)26-13-6-5-7-14-26)35-23-29(25-39(41(35)45)44(37,3)4)33-21-27-15-8-9-16-30(27)31-17-10-11-18-32(31)33/h5-25H,1-4H3. The Bertz CT molecular complexity index is 2580. The molecule has 0 radical (unpaired) electrons. The highest BCUT2D eigenvalue weighted by molar-refractivity contribution is 6.18. The van der Waals surface area contributed by atoms with Crippen molar-refractivity contribution in [2.24, 2.45) is 0 Å². The zero-order valence-corrected chi connectivity index (χ0v) is 26.1. The van der Waals surface area contributed by atoms with E-state index in [1.807, 2.05) is 0 Å². The molecule has 0 saturated carbocycles. The van der Waals surface area contributed by atoms with Crippen molar-refractivity contribution in [2.45, 2.75) is 38.5 Å². The second kappa shape index (κ2) is 8.31. The average Bonchev–Trinajstić information content (AvgIpc) is 3.40. The van der Waals surface area contributed by atoms with Crippen LogP contribution in [0.4, 0.5) is 0 Å². The molecule has 7 aromatic carbocycles. The molecule has 45 heavy (non-hydrogen) atoms. The third kappa shape index (κ3) is 3.08. The van der Waals surface area contributed by atoms with E-state index in [4.69, 9.17) is 0 Å². The molecule has 0 N–H and O–H groups in total. The molecule has 0 amide bonds. The van der Waals surface area contributed by atoms with E-state index in [9.17, 15) is 0 Å². The van der Waals surface area contributed by atoms with Gasteiger partial charge in [0.2, 0.25) is 0 Å². The smallest absolute Gasteiger partial charge is 0.0582 e. The monoisotopic (exact) mass is 575 g/mol. The molecule has 8 aromatic rings. The van der Waals surface area contributed by atoms with E-state index in [-0.39, 0.29) is 10.8 Å². The summed E-state index contributed by atoms with van der Waals surface area (Å²) in [7, 11) is 0. The zero-order valence-electron chi connectivity index (χ0n) is 26.1. The van der Waals surface area contributed by atoms with Gasteiger partial charge in [0.05, 0.1) is 16.7 Å². The molecule has 1 aromatic heterocycles. The number of hydrogen-bond donors (Lipinski definition) is 0. The van der Waals surface area contributed by atoms with Crippen LogP contribution < -0.4 is 0 Å². The molecule has 2 aliphatic rings. The normalized spacial score (nSPS) is 15.5. The van der Waals surface area contributed by atoms with Crippen molar-refractivity contribution in [3.8, 4) is 27.9 Å². The van der Waals surface area contributed by atoms with Crippen molar-refractivity contribution in [3.05, 3.63) is 150 Å². The lowest BCUT2D eigenvalue weighted by molar-refractivity contribution is 0.594. The summed E-state index contributed by atoms with van der Waals surface area (Å²) in [5.41, 5.74) is 14.6. The van der Waals surface area contributed by atoms with Crippen molar-refractivity contribution in [3.63, 3.8) is 0 Å². The Labute approximate surface area is 263 Å². The average molecular weight is 576 g/mol. The zero-order chi connectivity index (χ0) is 30.2. The van der Waals surface area contributed by atoms with Gasteiger partial charge >= 0.3 is 0 Å². The number of rotatable bonds is 2. The lowest BCUT2D eigenvalue weighted by atomic mass is 9.68. The predicted molar refractivity (Wildman–Crippen MR) is 191 cm³/mol. The molecule has 0 fully saturated rings. The van der Waals surface area contributed by atoms with Crippen molar-refractivity contribution in [1.29, 1.82) is 0 Å². The van der Waals surface area contributed by atoms with Gasteiger partial charge < -0.3 is 4.57 Å². The third-order valence-corrected chi connectivity index (χ3v) is 11.1. The van der Waals surface area contributed by atoms with Gasteiger partial charge in [-0.1, -0.05) is 125 Å². The Morgan fingerprint density at radius 1 is 0.400 bits per heavy atom. The number of benzene rings is 7. The summed E-state index contributed by atoms with van der Waals surface area (Å²) in [6.07, 6.45) is 0. The maximum absolute atomic E-state index is 2.63. The van der Waals surface area contributed by atoms with E-state index in [0.29, 0.717) is 0 Å². The Balaban J connectivity index is 1.42. The van der Waals surface area contributed by atoms with Crippen LogP contribution in [-0.4, -0.2) is 4.57 Å². The second-order valence-electron chi connectivity index (χ2n) is 14.2. The number of hydrogen-bond acceptors (Lipinski definition) is 0. The van der Waals surface area contributed by atoms with Crippen LogP contribution in [0.25, 0.3) is 71.3 Å². The summed E-state index contributed by atoms with van der Waals surface area (Å²) < 4.78 is 2.63. The molecule has 10 rings (SSSR count). The van der Waals surface area contributed by atoms with Crippen LogP contribution in [0.1, 0.15) is 49.9 Å². The van der Waals surface area contributed by atoms with Gasteiger partial charge in [-0.2, -0.15) is 0 Å². The Morgan fingerprint density at radius 2 is 0.956 bits per heavy atom. The van der Waals surface area contributed by atoms with E-state index in [1.165, 1.54) is 93.5 Å². The van der Waals surface area contributed by atoms with E-state index in [1.54, 1.807) is 0 Å². The van der Waals surface area contributed by atoms with Crippen LogP contribution in [0.5, 0.6) is 0 Å². The number of nitrogens with zero attached hydrogens (tertiary/aromatic N) is 1. The molecule has 0 atom stereocenters. The highest BCUT2D eigenvalue weighted by Crippen LogP contribution is 2.56. The summed E-state index contributed by atoms with van der Waals surface area (Å²) in [6.45, 7) is 9.70. The van der Waals surface area contributed by atoms with Gasteiger partial charge in [-0.3, -0.25) is 0 Å². The van der Waals surface area contributed by atoms with Gasteiger partial charge in [0.15, 0.2) is 0 Å². The van der Waals surface area contributed by atoms with Gasteiger partial charge in [-0.25, -0.2) is 0 Å². The molecule has 0 bridgehead atoms. The lowest BCUT2D eigenvalue weighted by Gasteiger charge is -2.42. The first-order chi connectivity index (χ1) is 21.8. The molecule has 0 aliphatic carbocycles. The Morgan fingerprint density at radius 3 is 1.64 bits per heavy atom. The molecule has 3 heterocycles. The molecule has 214 valence electrons. The van der Waals surface area contributed by atoms with Gasteiger partial charge in [-0.15, -0.1) is 0 Å². The number of fused-ring (bicyclic) bond motifs is 4. The predicted octanol–water partition coefficient (Wildman–Crippen LogP) is 11.7. The molecule has 0 saturated heterocycles. The van der Waals surface area contributed by atoms with Gasteiger partial charge in [0, 0.05) is 21.6 Å². The van der Waals surface area contributed by atoms with Gasteiger partial charge in [-0.05, 0) is 96.4 Å². The fourth-order valence-electron chi connectivity index (χ4n) is 8.78. The van der Waals surface area contributed by atoms with E-state index >= 15 is 0 Å². The highest BCUT2D eigenvalue weighted by atomic mass is 15.0. The molecule has 1 heteroatoms. The van der Waals surface area contributed by atoms with Gasteiger partial charge in [0.25, 0.3) is 0 Å². The first-order valence-corrected chi connectivity index (χ1v) is 16.1. The largest absolute Gasteiger partial charge is 0.308 e. The second-order valence-corrected chi connectivity index (χ2v) is 14.2. The molecular weight excluding hydrogens is 542 g/mol. The van der Waals surface area contributed by atoms with Crippen LogP contribution in [0.15, 0.2) is 127 Å². The van der Waals surface area contributed by atoms with Crippen LogP contribution >= 0.6 is 0 Å². The molecular formula is C44H33N. The van der Waals surface area contributed by atoms with Gasteiger partial charge in [0.1, 0.15) is 0 Å². The number of aromatic nitrogens is 1. The van der Waals surface area contributed by atoms with Crippen LogP contribution in [0.2, 0.25) is 0 Å². The minimum Gasteiger partial charge on any atom is -0.308 e. The van der Waals surface area contributed by atoms with E-state index in [0.717, 1.165) is 0 Å². The molecule has 0 unspecified atom stereocenters. The topological polar surface area (TPSA) is 4.93 Å². The van der Waals surface area contributed by atoms with Crippen LogP contribution in [-0.2, 0) is 10.8 Å². The highest BCUT2D eigenvalue weighted by Gasteiger charge is 2.43. The third-order valence-electron chi connectivity index (χ3n) is 11.1. The quantitative estimate of drug-likeness (QED) is 0.181. The Hall–Kier alpha value is -5.14. The summed E-state index contributed by atoms with van der Waals surface area (Å²) in [5, 5.41) is 7.90. The first-order valence-electron chi connectivity index (χ1n) is 16.1. The Kier molecular flexibility index (Phi) is 4.66. The van der Waals surface area contributed by atoms with Crippen LogP contribution in [0, 0.1) is 0 Å². The fourth-order valence-corrected chi connectivity index (χ4v) is 8.78. The minimum absolute atomic E-state index is 0.135. The minimum atomic E-state index is -0.160. The van der Waals surface area contributed by atoms with Crippen molar-refractivity contribution in [1.82, 2.24) is 4.57 Å². The molecule has 2 aliphatic heterocycles. The summed E-state index contributed by atoms with van der Waals surface area (Å²) in [6, 6.07) is 48.0. The maximum atomic E-state index is 2.63. The van der Waals surface area contributed by atoms with E-state index in [2.05, 4.69) is 160 Å².